The third-order valence-corrected chi connectivity index (χ3v) is 3.73. The number of piperazine rings is 1. The quantitative estimate of drug-likeness (QED) is 0.618. The third kappa shape index (κ3) is 6.34. The van der Waals surface area contributed by atoms with Crippen molar-refractivity contribution >= 4 is 18.3 Å². The summed E-state index contributed by atoms with van der Waals surface area (Å²) in [7, 11) is 0. The number of hydrogen-bond donors (Lipinski definition) is 1. The van der Waals surface area contributed by atoms with Gasteiger partial charge in [0.25, 0.3) is 5.91 Å². The van der Waals surface area contributed by atoms with Crippen molar-refractivity contribution in [2.24, 2.45) is 0 Å². The number of benzene rings is 1. The fourth-order valence-electron chi connectivity index (χ4n) is 2.55. The molecule has 1 aliphatic rings. The number of carbonyl (C=O) groups excluding carboxylic acids is 1. The van der Waals surface area contributed by atoms with E-state index in [1.165, 1.54) is 0 Å². The second kappa shape index (κ2) is 12.0. The second-order valence-electron chi connectivity index (χ2n) is 5.64. The van der Waals surface area contributed by atoms with E-state index in [9.17, 15) is 4.79 Å². The van der Waals surface area contributed by atoms with Crippen molar-refractivity contribution in [3.05, 3.63) is 55.7 Å². The van der Waals surface area contributed by atoms with Gasteiger partial charge in [-0.1, -0.05) is 38.0 Å². The minimum atomic E-state index is -0.0614. The first-order valence-corrected chi connectivity index (χ1v) is 8.60. The molecule has 1 N–H and O–H groups in total. The molecule has 0 bridgehead atoms. The van der Waals surface area contributed by atoms with Crippen LogP contribution in [-0.2, 0) is 0 Å². The first kappa shape index (κ1) is 22.6. The van der Waals surface area contributed by atoms with Crippen LogP contribution in [0.4, 0.5) is 0 Å². The highest BCUT2D eigenvalue weighted by Crippen LogP contribution is 2.39. The van der Waals surface area contributed by atoms with E-state index >= 15 is 0 Å². The second-order valence-corrected chi connectivity index (χ2v) is 5.64. The number of carbonyl (C=O) groups is 1. The summed E-state index contributed by atoms with van der Waals surface area (Å²) < 4.78 is 17.2. The van der Waals surface area contributed by atoms with E-state index in [1.54, 1.807) is 30.4 Å². The van der Waals surface area contributed by atoms with Crippen molar-refractivity contribution in [3.8, 4) is 17.2 Å². The topological polar surface area (TPSA) is 60.0 Å². The molecule has 2 rings (SSSR count). The molecule has 0 unspecified atom stereocenters. The highest BCUT2D eigenvalue weighted by atomic mass is 35.5. The molecule has 0 atom stereocenters. The van der Waals surface area contributed by atoms with E-state index in [4.69, 9.17) is 14.2 Å². The summed E-state index contributed by atoms with van der Waals surface area (Å²) in [6.07, 6.45) is 4.90. The van der Waals surface area contributed by atoms with Crippen LogP contribution in [0, 0.1) is 0 Å². The summed E-state index contributed by atoms with van der Waals surface area (Å²) in [6.45, 7) is 14.8. The predicted molar refractivity (Wildman–Crippen MR) is 110 cm³/mol. The Kier molecular flexibility index (Phi) is 10.1. The van der Waals surface area contributed by atoms with Gasteiger partial charge in [-0.3, -0.25) is 4.79 Å². The minimum absolute atomic E-state index is 0. The van der Waals surface area contributed by atoms with E-state index in [0.29, 0.717) is 42.5 Å². The Bertz CT molecular complexity index is 624. The van der Waals surface area contributed by atoms with Crippen LogP contribution in [-0.4, -0.2) is 56.8 Å². The number of amides is 1. The number of halogens is 1. The highest BCUT2D eigenvalue weighted by Gasteiger charge is 2.23. The van der Waals surface area contributed by atoms with Gasteiger partial charge in [0.2, 0.25) is 5.75 Å². The molecule has 0 saturated carbocycles. The molecule has 7 heteroatoms. The first-order chi connectivity index (χ1) is 12.7. The molecule has 1 aliphatic heterocycles. The van der Waals surface area contributed by atoms with E-state index in [2.05, 4.69) is 25.1 Å². The Balaban J connectivity index is 0.00000364. The van der Waals surface area contributed by atoms with Crippen LogP contribution in [0.1, 0.15) is 10.4 Å². The van der Waals surface area contributed by atoms with Gasteiger partial charge in [0.1, 0.15) is 19.8 Å². The van der Waals surface area contributed by atoms with E-state index in [1.807, 2.05) is 4.90 Å². The lowest BCUT2D eigenvalue weighted by atomic mass is 10.1. The zero-order valence-corrected chi connectivity index (χ0v) is 16.3. The summed E-state index contributed by atoms with van der Waals surface area (Å²) in [5.74, 6) is 1.25. The minimum Gasteiger partial charge on any atom is -0.485 e. The lowest BCUT2D eigenvalue weighted by Crippen LogP contribution is -2.46. The Morgan fingerprint density at radius 1 is 0.963 bits per heavy atom. The van der Waals surface area contributed by atoms with Crippen LogP contribution >= 0.6 is 12.4 Å². The largest absolute Gasteiger partial charge is 0.485 e. The lowest BCUT2D eigenvalue weighted by molar-refractivity contribution is 0.0734. The molecule has 0 aromatic heterocycles. The predicted octanol–water partition coefficient (Wildman–Crippen LogP) is 2.85. The summed E-state index contributed by atoms with van der Waals surface area (Å²) in [5.41, 5.74) is 0.496. The smallest absolute Gasteiger partial charge is 0.254 e. The van der Waals surface area contributed by atoms with Gasteiger partial charge in [-0.25, -0.2) is 0 Å². The van der Waals surface area contributed by atoms with Gasteiger partial charge in [-0.2, -0.15) is 0 Å². The van der Waals surface area contributed by atoms with Gasteiger partial charge in [-0.15, -0.1) is 12.4 Å². The van der Waals surface area contributed by atoms with Gasteiger partial charge in [-0.05, 0) is 12.1 Å². The van der Waals surface area contributed by atoms with Crippen molar-refractivity contribution in [2.45, 2.75) is 0 Å². The Morgan fingerprint density at radius 3 is 1.93 bits per heavy atom. The van der Waals surface area contributed by atoms with E-state index < -0.39 is 0 Å². The van der Waals surface area contributed by atoms with E-state index in [0.717, 1.165) is 13.1 Å². The molecule has 6 nitrogen and oxygen atoms in total. The molecule has 1 fully saturated rings. The molecule has 1 amide bonds. The molecular formula is C20H27ClN2O4. The van der Waals surface area contributed by atoms with Crippen LogP contribution in [0.15, 0.2) is 50.1 Å². The normalized spacial score (nSPS) is 13.1. The Hall–Kier alpha value is -2.44. The van der Waals surface area contributed by atoms with Gasteiger partial charge in [0, 0.05) is 31.7 Å². The van der Waals surface area contributed by atoms with E-state index in [-0.39, 0.29) is 31.5 Å². The lowest BCUT2D eigenvalue weighted by Gasteiger charge is -2.28. The number of rotatable bonds is 10. The zero-order valence-electron chi connectivity index (χ0n) is 15.4. The standard InChI is InChI=1S/C20H26N2O4.ClH/c1-4-11-24-17-14-16(20(23)22-9-7-21-8-10-22)15-18(25-12-5-2)19(17)26-13-6-3;/h4-6,14-15,21H,1-3,7-13H2;1H. The summed E-state index contributed by atoms with van der Waals surface area (Å²) in [4.78, 5) is 14.7. The van der Waals surface area contributed by atoms with Gasteiger partial charge >= 0.3 is 0 Å². The molecule has 1 aromatic carbocycles. The van der Waals surface area contributed by atoms with Crippen molar-refractivity contribution < 1.29 is 19.0 Å². The molecule has 1 aromatic rings. The maximum absolute atomic E-state index is 12.9. The van der Waals surface area contributed by atoms with Gasteiger partial charge < -0.3 is 24.4 Å². The van der Waals surface area contributed by atoms with Crippen molar-refractivity contribution in [2.75, 3.05) is 46.0 Å². The fraction of sp³-hybridized carbons (Fsp3) is 0.350. The fourth-order valence-corrected chi connectivity index (χ4v) is 2.55. The maximum Gasteiger partial charge on any atom is 0.254 e. The van der Waals surface area contributed by atoms with Crippen LogP contribution in [0.25, 0.3) is 0 Å². The average molecular weight is 395 g/mol. The molecule has 27 heavy (non-hydrogen) atoms. The SMILES string of the molecule is C=CCOc1cc(C(=O)N2CCNCC2)cc(OCC=C)c1OCC=C.Cl. The molecular weight excluding hydrogens is 368 g/mol. The van der Waals surface area contributed by atoms with Gasteiger partial charge in [0.05, 0.1) is 0 Å². The molecule has 148 valence electrons. The van der Waals surface area contributed by atoms with Crippen molar-refractivity contribution in [1.29, 1.82) is 0 Å². The van der Waals surface area contributed by atoms with Gasteiger partial charge in [0.15, 0.2) is 11.5 Å². The molecule has 0 radical (unpaired) electrons. The van der Waals surface area contributed by atoms with Crippen LogP contribution in [0.2, 0.25) is 0 Å². The van der Waals surface area contributed by atoms with Crippen LogP contribution in [0.5, 0.6) is 17.2 Å². The molecule has 1 saturated heterocycles. The summed E-state index contributed by atoms with van der Waals surface area (Å²) >= 11 is 0. The summed E-state index contributed by atoms with van der Waals surface area (Å²) in [6, 6.07) is 3.38. The summed E-state index contributed by atoms with van der Waals surface area (Å²) in [5, 5.41) is 3.24. The van der Waals surface area contributed by atoms with Crippen molar-refractivity contribution in [3.63, 3.8) is 0 Å². The molecule has 0 aliphatic carbocycles. The number of ether oxygens (including phenoxy) is 3. The average Bonchev–Trinajstić information content (AvgIpc) is 2.69. The Labute approximate surface area is 166 Å². The highest BCUT2D eigenvalue weighted by molar-refractivity contribution is 5.95. The number of nitrogens with one attached hydrogen (secondary N) is 1. The monoisotopic (exact) mass is 394 g/mol. The van der Waals surface area contributed by atoms with Crippen LogP contribution < -0.4 is 19.5 Å². The molecule has 1 heterocycles. The Morgan fingerprint density at radius 2 is 1.44 bits per heavy atom. The molecule has 0 spiro atoms. The number of hydrogen-bond acceptors (Lipinski definition) is 5. The zero-order chi connectivity index (χ0) is 18.8. The van der Waals surface area contributed by atoms with Crippen molar-refractivity contribution in [1.82, 2.24) is 10.2 Å². The number of nitrogens with zero attached hydrogens (tertiary/aromatic N) is 1. The third-order valence-electron chi connectivity index (χ3n) is 3.73. The maximum atomic E-state index is 12.9. The first-order valence-electron chi connectivity index (χ1n) is 8.60. The van der Waals surface area contributed by atoms with Crippen LogP contribution in [0.3, 0.4) is 0 Å².